The summed E-state index contributed by atoms with van der Waals surface area (Å²) in [5, 5.41) is 3.89. The molecule has 1 aliphatic heterocycles. The highest BCUT2D eigenvalue weighted by Gasteiger charge is 2.27. The van der Waals surface area contributed by atoms with E-state index in [9.17, 15) is 0 Å². The highest BCUT2D eigenvalue weighted by atomic mass is 32.2. The van der Waals surface area contributed by atoms with E-state index in [1.807, 2.05) is 0 Å². The van der Waals surface area contributed by atoms with Crippen LogP contribution >= 0.6 is 11.8 Å². The zero-order valence-corrected chi connectivity index (χ0v) is 12.5. The van der Waals surface area contributed by atoms with E-state index in [-0.39, 0.29) is 0 Å². The fourth-order valence-electron chi connectivity index (χ4n) is 2.22. The molecule has 1 aliphatic rings. The third kappa shape index (κ3) is 5.09. The van der Waals surface area contributed by atoms with Gasteiger partial charge >= 0.3 is 0 Å². The average molecular weight is 243 g/mol. The maximum absolute atomic E-state index is 3.89. The molecule has 0 amide bonds. The van der Waals surface area contributed by atoms with Crippen molar-refractivity contribution in [3.63, 3.8) is 0 Å². The molecule has 1 saturated heterocycles. The molecule has 0 aromatic heterocycles. The lowest BCUT2D eigenvalue weighted by atomic mass is 9.82. The van der Waals surface area contributed by atoms with E-state index in [4.69, 9.17) is 0 Å². The normalized spacial score (nSPS) is 24.0. The first-order valence-electron chi connectivity index (χ1n) is 6.73. The minimum Gasteiger partial charge on any atom is -0.310 e. The van der Waals surface area contributed by atoms with Crippen LogP contribution in [0.5, 0.6) is 0 Å². The van der Waals surface area contributed by atoms with E-state index in [1.54, 1.807) is 0 Å². The summed E-state index contributed by atoms with van der Waals surface area (Å²) in [4.78, 5) is 0. The predicted octanol–water partition coefficient (Wildman–Crippen LogP) is 3.93. The Hall–Kier alpha value is 0.310. The number of rotatable bonds is 5. The van der Waals surface area contributed by atoms with Gasteiger partial charge in [0.25, 0.3) is 0 Å². The van der Waals surface area contributed by atoms with Gasteiger partial charge in [-0.05, 0) is 36.3 Å². The first-order valence-corrected chi connectivity index (χ1v) is 7.89. The second-order valence-corrected chi connectivity index (χ2v) is 7.77. The minimum absolute atomic E-state index is 0.391. The van der Waals surface area contributed by atoms with Crippen molar-refractivity contribution >= 4 is 11.8 Å². The van der Waals surface area contributed by atoms with Crippen LogP contribution in [0, 0.1) is 11.3 Å². The van der Waals surface area contributed by atoms with E-state index >= 15 is 0 Å². The van der Waals surface area contributed by atoms with E-state index in [2.05, 4.69) is 51.7 Å². The number of hydrogen-bond acceptors (Lipinski definition) is 2. The molecule has 0 aromatic rings. The Balaban J connectivity index is 2.43. The smallest absolute Gasteiger partial charge is 0.0168 e. The van der Waals surface area contributed by atoms with Crippen LogP contribution in [-0.4, -0.2) is 23.6 Å². The Morgan fingerprint density at radius 3 is 2.38 bits per heavy atom. The van der Waals surface area contributed by atoms with Crippen LogP contribution in [0.2, 0.25) is 0 Å². The zero-order valence-electron chi connectivity index (χ0n) is 11.7. The summed E-state index contributed by atoms with van der Waals surface area (Å²) in [5.74, 6) is 3.48. The SMILES string of the molecule is CC(C)CCC(NC1CCSC1)C(C)(C)C. The Morgan fingerprint density at radius 2 is 1.94 bits per heavy atom. The van der Waals surface area contributed by atoms with Gasteiger partial charge in [-0.1, -0.05) is 34.6 Å². The predicted molar refractivity (Wildman–Crippen MR) is 76.2 cm³/mol. The lowest BCUT2D eigenvalue weighted by Gasteiger charge is -2.34. The standard InChI is InChI=1S/C14H29NS/c1-11(2)6-7-13(14(3,4)5)15-12-8-9-16-10-12/h11-13,15H,6-10H2,1-5H3. The van der Waals surface area contributed by atoms with Gasteiger partial charge in [-0.25, -0.2) is 0 Å². The molecule has 1 rings (SSSR count). The van der Waals surface area contributed by atoms with Crippen molar-refractivity contribution in [3.8, 4) is 0 Å². The molecule has 0 aliphatic carbocycles. The fourth-order valence-corrected chi connectivity index (χ4v) is 3.38. The molecule has 1 N–H and O–H groups in total. The molecule has 2 heteroatoms. The van der Waals surface area contributed by atoms with Crippen molar-refractivity contribution in [2.45, 2.75) is 66.0 Å². The average Bonchev–Trinajstić information content (AvgIpc) is 2.62. The lowest BCUT2D eigenvalue weighted by molar-refractivity contribution is 0.228. The summed E-state index contributed by atoms with van der Waals surface area (Å²) >= 11 is 2.10. The van der Waals surface area contributed by atoms with E-state index < -0.39 is 0 Å². The first kappa shape index (κ1) is 14.4. The lowest BCUT2D eigenvalue weighted by Crippen LogP contribution is -2.46. The van der Waals surface area contributed by atoms with Gasteiger partial charge in [0.15, 0.2) is 0 Å². The van der Waals surface area contributed by atoms with Gasteiger partial charge in [0.1, 0.15) is 0 Å². The van der Waals surface area contributed by atoms with Crippen LogP contribution in [0.25, 0.3) is 0 Å². The summed E-state index contributed by atoms with van der Waals surface area (Å²) in [5.41, 5.74) is 0.391. The van der Waals surface area contributed by atoms with Gasteiger partial charge < -0.3 is 5.32 Å². The maximum atomic E-state index is 3.89. The molecule has 1 nitrogen and oxygen atoms in total. The molecule has 1 fully saturated rings. The molecule has 0 saturated carbocycles. The van der Waals surface area contributed by atoms with Crippen LogP contribution < -0.4 is 5.32 Å². The Morgan fingerprint density at radius 1 is 1.25 bits per heavy atom. The van der Waals surface area contributed by atoms with Gasteiger partial charge in [0.05, 0.1) is 0 Å². The van der Waals surface area contributed by atoms with Crippen molar-refractivity contribution < 1.29 is 0 Å². The Bertz CT molecular complexity index is 189. The van der Waals surface area contributed by atoms with Crippen LogP contribution in [-0.2, 0) is 0 Å². The van der Waals surface area contributed by atoms with Crippen molar-refractivity contribution in [2.75, 3.05) is 11.5 Å². The summed E-state index contributed by atoms with van der Waals surface area (Å²) in [7, 11) is 0. The molecule has 2 atom stereocenters. The van der Waals surface area contributed by atoms with Gasteiger partial charge in [-0.3, -0.25) is 0 Å². The van der Waals surface area contributed by atoms with E-state index in [1.165, 1.54) is 30.8 Å². The maximum Gasteiger partial charge on any atom is 0.0168 e. The minimum atomic E-state index is 0.391. The Kier molecular flexibility index (Phi) is 5.66. The number of nitrogens with one attached hydrogen (secondary N) is 1. The molecule has 16 heavy (non-hydrogen) atoms. The van der Waals surface area contributed by atoms with E-state index in [0.717, 1.165) is 12.0 Å². The molecule has 0 aromatic carbocycles. The van der Waals surface area contributed by atoms with Crippen LogP contribution in [0.1, 0.15) is 53.9 Å². The Labute approximate surface area is 106 Å². The molecule has 1 heterocycles. The largest absolute Gasteiger partial charge is 0.310 e. The van der Waals surface area contributed by atoms with Gasteiger partial charge in [0, 0.05) is 17.8 Å². The first-order chi connectivity index (χ1) is 7.39. The van der Waals surface area contributed by atoms with Crippen molar-refractivity contribution in [1.29, 1.82) is 0 Å². The summed E-state index contributed by atoms with van der Waals surface area (Å²) in [6, 6.07) is 1.44. The van der Waals surface area contributed by atoms with E-state index in [0.29, 0.717) is 11.5 Å². The highest BCUT2D eigenvalue weighted by molar-refractivity contribution is 7.99. The molecule has 96 valence electrons. The third-order valence-electron chi connectivity index (χ3n) is 3.44. The van der Waals surface area contributed by atoms with Gasteiger partial charge in [0.2, 0.25) is 0 Å². The van der Waals surface area contributed by atoms with Gasteiger partial charge in [-0.15, -0.1) is 0 Å². The zero-order chi connectivity index (χ0) is 12.2. The number of thioether (sulfide) groups is 1. The van der Waals surface area contributed by atoms with Crippen LogP contribution in [0.3, 0.4) is 0 Å². The molecular formula is C14H29NS. The highest BCUT2D eigenvalue weighted by Crippen LogP contribution is 2.27. The van der Waals surface area contributed by atoms with Crippen molar-refractivity contribution in [1.82, 2.24) is 5.32 Å². The molecular weight excluding hydrogens is 214 g/mol. The summed E-state index contributed by atoms with van der Waals surface area (Å²) in [6.07, 6.45) is 4.02. The topological polar surface area (TPSA) is 12.0 Å². The third-order valence-corrected chi connectivity index (χ3v) is 4.61. The van der Waals surface area contributed by atoms with Crippen molar-refractivity contribution in [2.24, 2.45) is 11.3 Å². The van der Waals surface area contributed by atoms with Crippen molar-refractivity contribution in [3.05, 3.63) is 0 Å². The van der Waals surface area contributed by atoms with Crippen LogP contribution in [0.4, 0.5) is 0 Å². The molecule has 2 unspecified atom stereocenters. The molecule has 0 spiro atoms. The fraction of sp³-hybridized carbons (Fsp3) is 1.00. The summed E-state index contributed by atoms with van der Waals surface area (Å²) in [6.45, 7) is 11.8. The second-order valence-electron chi connectivity index (χ2n) is 6.62. The molecule has 0 bridgehead atoms. The summed E-state index contributed by atoms with van der Waals surface area (Å²) < 4.78 is 0. The second kappa shape index (κ2) is 6.30. The monoisotopic (exact) mass is 243 g/mol. The quantitative estimate of drug-likeness (QED) is 0.785. The van der Waals surface area contributed by atoms with Gasteiger partial charge in [-0.2, -0.15) is 11.8 Å². The number of hydrogen-bond donors (Lipinski definition) is 1. The van der Waals surface area contributed by atoms with Crippen LogP contribution in [0.15, 0.2) is 0 Å². The molecule has 0 radical (unpaired) electrons.